The van der Waals surface area contributed by atoms with Gasteiger partial charge in [0.05, 0.1) is 19.1 Å². The van der Waals surface area contributed by atoms with Crippen molar-refractivity contribution in [1.82, 2.24) is 20.1 Å². The van der Waals surface area contributed by atoms with Crippen LogP contribution in [0.25, 0.3) is 11.1 Å². The van der Waals surface area contributed by atoms with Crippen LogP contribution < -0.4 is 5.32 Å². The lowest BCUT2D eigenvalue weighted by atomic mass is 9.82. The molecule has 0 unspecified atom stereocenters. The molecule has 1 saturated carbocycles. The minimum atomic E-state index is -0.0745. The van der Waals surface area contributed by atoms with Gasteiger partial charge in [-0.3, -0.25) is 9.69 Å². The molecule has 2 fully saturated rings. The summed E-state index contributed by atoms with van der Waals surface area (Å²) in [6.07, 6.45) is 3.60. The molecule has 32 heavy (non-hydrogen) atoms. The SMILES string of the molecule is CCOC(=O)C1CCC(CNC(=O)N2CCN(Cc3nc4ccc(Cl)cc4o3)CC2)CC1. The fourth-order valence-corrected chi connectivity index (χ4v) is 4.68. The summed E-state index contributed by atoms with van der Waals surface area (Å²) in [6, 6.07) is 5.43. The van der Waals surface area contributed by atoms with E-state index in [4.69, 9.17) is 20.8 Å². The molecule has 174 valence electrons. The fraction of sp³-hybridized carbons (Fsp3) is 0.609. The fourth-order valence-electron chi connectivity index (χ4n) is 4.52. The highest BCUT2D eigenvalue weighted by Gasteiger charge is 2.28. The van der Waals surface area contributed by atoms with Gasteiger partial charge >= 0.3 is 12.0 Å². The molecule has 1 N–H and O–H groups in total. The number of aromatic nitrogens is 1. The van der Waals surface area contributed by atoms with E-state index in [9.17, 15) is 9.59 Å². The Bertz CT molecular complexity index is 933. The predicted molar refractivity (Wildman–Crippen MR) is 121 cm³/mol. The van der Waals surface area contributed by atoms with Gasteiger partial charge in [-0.1, -0.05) is 11.6 Å². The Morgan fingerprint density at radius 1 is 1.19 bits per heavy atom. The highest BCUT2D eigenvalue weighted by molar-refractivity contribution is 6.31. The van der Waals surface area contributed by atoms with Crippen LogP contribution in [0.4, 0.5) is 4.79 Å². The Balaban J connectivity index is 1.16. The number of halogens is 1. The van der Waals surface area contributed by atoms with Crippen molar-refractivity contribution in [3.63, 3.8) is 0 Å². The number of carbonyl (C=O) groups excluding carboxylic acids is 2. The molecule has 8 nitrogen and oxygen atoms in total. The summed E-state index contributed by atoms with van der Waals surface area (Å²) in [4.78, 5) is 33.1. The van der Waals surface area contributed by atoms with Crippen molar-refractivity contribution < 1.29 is 18.7 Å². The molecular formula is C23H31ClN4O4. The number of hydrogen-bond acceptors (Lipinski definition) is 6. The van der Waals surface area contributed by atoms with Gasteiger partial charge < -0.3 is 19.4 Å². The van der Waals surface area contributed by atoms with E-state index >= 15 is 0 Å². The summed E-state index contributed by atoms with van der Waals surface area (Å²) < 4.78 is 10.9. The predicted octanol–water partition coefficient (Wildman–Crippen LogP) is 3.68. The Hall–Kier alpha value is -2.32. The van der Waals surface area contributed by atoms with Crippen LogP contribution in [0.2, 0.25) is 5.02 Å². The van der Waals surface area contributed by atoms with E-state index in [0.717, 1.165) is 44.3 Å². The molecule has 1 aliphatic carbocycles. The van der Waals surface area contributed by atoms with Gasteiger partial charge in [-0.05, 0) is 50.7 Å². The number of urea groups is 1. The summed E-state index contributed by atoms with van der Waals surface area (Å²) in [5, 5.41) is 3.72. The highest BCUT2D eigenvalue weighted by atomic mass is 35.5. The van der Waals surface area contributed by atoms with E-state index in [0.29, 0.717) is 55.2 Å². The molecule has 2 amide bonds. The second-order valence-corrected chi connectivity index (χ2v) is 9.08. The Morgan fingerprint density at radius 3 is 2.66 bits per heavy atom. The first-order valence-corrected chi connectivity index (χ1v) is 11.9. The van der Waals surface area contributed by atoms with Crippen LogP contribution in [0.5, 0.6) is 0 Å². The number of oxazole rings is 1. The largest absolute Gasteiger partial charge is 0.466 e. The van der Waals surface area contributed by atoms with Crippen LogP contribution >= 0.6 is 11.6 Å². The van der Waals surface area contributed by atoms with E-state index in [-0.39, 0.29) is 17.9 Å². The summed E-state index contributed by atoms with van der Waals surface area (Å²) in [6.45, 7) is 6.46. The van der Waals surface area contributed by atoms with E-state index in [1.165, 1.54) is 0 Å². The number of ether oxygens (including phenoxy) is 1. The second kappa shape index (κ2) is 10.5. The van der Waals surface area contributed by atoms with Crippen molar-refractivity contribution in [3.05, 3.63) is 29.1 Å². The first kappa shape index (κ1) is 22.9. The molecule has 2 heterocycles. The van der Waals surface area contributed by atoms with Crippen LogP contribution in [0, 0.1) is 11.8 Å². The molecule has 1 aliphatic heterocycles. The van der Waals surface area contributed by atoms with Crippen molar-refractivity contribution in [2.45, 2.75) is 39.2 Å². The van der Waals surface area contributed by atoms with E-state index in [1.54, 1.807) is 12.1 Å². The standard InChI is InChI=1S/C23H31ClN4O4/c1-2-31-22(29)17-5-3-16(4-6-17)14-25-23(30)28-11-9-27(10-12-28)15-21-26-19-8-7-18(24)13-20(19)32-21/h7-8,13,16-17H,2-6,9-12,14-15H2,1H3,(H,25,30). The number of esters is 1. The number of fused-ring (bicyclic) bond motifs is 1. The number of benzene rings is 1. The number of hydrogen-bond donors (Lipinski definition) is 1. The number of carbonyl (C=O) groups is 2. The van der Waals surface area contributed by atoms with Crippen molar-refractivity contribution >= 4 is 34.7 Å². The molecule has 0 bridgehead atoms. The maximum absolute atomic E-state index is 12.6. The molecular weight excluding hydrogens is 432 g/mol. The minimum Gasteiger partial charge on any atom is -0.466 e. The van der Waals surface area contributed by atoms with Crippen LogP contribution in [0.3, 0.4) is 0 Å². The highest BCUT2D eigenvalue weighted by Crippen LogP contribution is 2.29. The molecule has 9 heteroatoms. The first-order valence-electron chi connectivity index (χ1n) is 11.5. The monoisotopic (exact) mass is 462 g/mol. The molecule has 0 spiro atoms. The normalized spacial score (nSPS) is 22.1. The zero-order valence-electron chi connectivity index (χ0n) is 18.5. The van der Waals surface area contributed by atoms with Crippen LogP contribution in [-0.2, 0) is 16.1 Å². The van der Waals surface area contributed by atoms with Crippen LogP contribution in [0.15, 0.2) is 22.6 Å². The number of rotatable bonds is 6. The van der Waals surface area contributed by atoms with Crippen LogP contribution in [0.1, 0.15) is 38.5 Å². The lowest BCUT2D eigenvalue weighted by Gasteiger charge is -2.34. The maximum Gasteiger partial charge on any atom is 0.317 e. The molecule has 0 atom stereocenters. The average molecular weight is 463 g/mol. The summed E-state index contributed by atoms with van der Waals surface area (Å²) in [5.74, 6) is 1.04. The van der Waals surface area contributed by atoms with E-state index in [2.05, 4.69) is 15.2 Å². The van der Waals surface area contributed by atoms with Gasteiger partial charge in [0.1, 0.15) is 5.52 Å². The van der Waals surface area contributed by atoms with Gasteiger partial charge in [-0.2, -0.15) is 0 Å². The van der Waals surface area contributed by atoms with E-state index < -0.39 is 0 Å². The van der Waals surface area contributed by atoms with Crippen LogP contribution in [-0.4, -0.2) is 66.1 Å². The Labute approximate surface area is 193 Å². The Kier molecular flexibility index (Phi) is 7.52. The number of piperazine rings is 1. The molecule has 1 aromatic heterocycles. The Morgan fingerprint density at radius 2 is 1.94 bits per heavy atom. The number of nitrogens with one attached hydrogen (secondary N) is 1. The van der Waals surface area contributed by atoms with Gasteiger partial charge in [0.2, 0.25) is 5.89 Å². The lowest BCUT2D eigenvalue weighted by molar-refractivity contribution is -0.149. The second-order valence-electron chi connectivity index (χ2n) is 8.64. The van der Waals surface area contributed by atoms with Crippen molar-refractivity contribution in [1.29, 1.82) is 0 Å². The van der Waals surface area contributed by atoms with Gasteiger partial charge in [0.15, 0.2) is 5.58 Å². The quantitative estimate of drug-likeness (QED) is 0.659. The summed E-state index contributed by atoms with van der Waals surface area (Å²) >= 11 is 6.01. The lowest BCUT2D eigenvalue weighted by Crippen LogP contribution is -2.52. The zero-order valence-corrected chi connectivity index (χ0v) is 19.3. The molecule has 4 rings (SSSR count). The third-order valence-corrected chi connectivity index (χ3v) is 6.66. The van der Waals surface area contributed by atoms with Gasteiger partial charge in [0, 0.05) is 43.8 Å². The van der Waals surface area contributed by atoms with Crippen molar-refractivity contribution in [2.75, 3.05) is 39.3 Å². The third-order valence-electron chi connectivity index (χ3n) is 6.42. The number of amides is 2. The van der Waals surface area contributed by atoms with Gasteiger partial charge in [-0.15, -0.1) is 0 Å². The summed E-state index contributed by atoms with van der Waals surface area (Å²) in [5.41, 5.74) is 1.50. The van der Waals surface area contributed by atoms with Crippen molar-refractivity contribution in [3.8, 4) is 0 Å². The smallest absolute Gasteiger partial charge is 0.317 e. The third kappa shape index (κ3) is 5.72. The molecule has 1 saturated heterocycles. The molecule has 0 radical (unpaired) electrons. The maximum atomic E-state index is 12.6. The molecule has 2 aliphatic rings. The van der Waals surface area contributed by atoms with Gasteiger partial charge in [0.25, 0.3) is 0 Å². The molecule has 2 aromatic rings. The topological polar surface area (TPSA) is 87.9 Å². The first-order chi connectivity index (χ1) is 15.5. The number of nitrogens with zero attached hydrogens (tertiary/aromatic N) is 3. The summed E-state index contributed by atoms with van der Waals surface area (Å²) in [7, 11) is 0. The minimum absolute atomic E-state index is 0.00586. The zero-order chi connectivity index (χ0) is 22.5. The van der Waals surface area contributed by atoms with Crippen molar-refractivity contribution in [2.24, 2.45) is 11.8 Å². The van der Waals surface area contributed by atoms with Gasteiger partial charge in [-0.25, -0.2) is 9.78 Å². The average Bonchev–Trinajstić information content (AvgIpc) is 3.19. The van der Waals surface area contributed by atoms with E-state index in [1.807, 2.05) is 17.9 Å². The molecule has 1 aromatic carbocycles.